The summed E-state index contributed by atoms with van der Waals surface area (Å²) >= 11 is 6.02. The van der Waals surface area contributed by atoms with Gasteiger partial charge in [-0.05, 0) is 43.3 Å². The molecule has 0 saturated carbocycles. The summed E-state index contributed by atoms with van der Waals surface area (Å²) < 4.78 is 0. The molecular formula is C17H18ClN3O2. The second-order valence-electron chi connectivity index (χ2n) is 5.09. The molecule has 0 heterocycles. The van der Waals surface area contributed by atoms with Crippen LogP contribution in [0, 0.1) is 0 Å². The van der Waals surface area contributed by atoms with Crippen molar-refractivity contribution in [3.05, 3.63) is 53.6 Å². The average molecular weight is 332 g/mol. The van der Waals surface area contributed by atoms with Gasteiger partial charge in [-0.2, -0.15) is 0 Å². The minimum atomic E-state index is -0.446. The number of benzene rings is 2. The summed E-state index contributed by atoms with van der Waals surface area (Å²) in [5.41, 5.74) is 2.06. The predicted molar refractivity (Wildman–Crippen MR) is 93.9 cm³/mol. The summed E-state index contributed by atoms with van der Waals surface area (Å²) in [5, 5.41) is 9.05. The van der Waals surface area contributed by atoms with Gasteiger partial charge in [0.15, 0.2) is 0 Å². The lowest BCUT2D eigenvalue weighted by Gasteiger charge is -2.16. The van der Waals surface area contributed by atoms with E-state index < -0.39 is 6.04 Å². The van der Waals surface area contributed by atoms with Crippen LogP contribution in [0.4, 0.5) is 17.1 Å². The normalized spacial score (nSPS) is 11.4. The molecular weight excluding hydrogens is 314 g/mol. The van der Waals surface area contributed by atoms with Gasteiger partial charge in [0.05, 0.1) is 10.7 Å². The Labute approximate surface area is 140 Å². The summed E-state index contributed by atoms with van der Waals surface area (Å²) in [6, 6.07) is 13.7. The fraction of sp³-hybridized carbons (Fsp3) is 0.176. The molecule has 0 spiro atoms. The molecule has 5 nitrogen and oxygen atoms in total. The smallest absolute Gasteiger partial charge is 0.246 e. The maximum Gasteiger partial charge on any atom is 0.246 e. The van der Waals surface area contributed by atoms with Crippen LogP contribution in [0.25, 0.3) is 0 Å². The predicted octanol–water partition coefficient (Wildman–Crippen LogP) is 3.74. The van der Waals surface area contributed by atoms with Gasteiger partial charge in [0.1, 0.15) is 6.04 Å². The number of hydrogen-bond donors (Lipinski definition) is 3. The molecule has 2 amide bonds. The van der Waals surface area contributed by atoms with Crippen molar-refractivity contribution >= 4 is 40.5 Å². The summed E-state index contributed by atoms with van der Waals surface area (Å²) in [5.74, 6) is -0.317. The third kappa shape index (κ3) is 5.00. The number of anilines is 3. The Bertz CT molecular complexity index is 701. The lowest BCUT2D eigenvalue weighted by Crippen LogP contribution is -2.31. The molecule has 120 valence electrons. The molecule has 0 radical (unpaired) electrons. The molecule has 0 saturated heterocycles. The number of hydrogen-bond acceptors (Lipinski definition) is 3. The topological polar surface area (TPSA) is 70.2 Å². The van der Waals surface area contributed by atoms with Crippen molar-refractivity contribution in [2.24, 2.45) is 0 Å². The summed E-state index contributed by atoms with van der Waals surface area (Å²) in [6.45, 7) is 3.21. The van der Waals surface area contributed by atoms with Crippen LogP contribution in [0.2, 0.25) is 5.02 Å². The van der Waals surface area contributed by atoms with E-state index in [0.717, 1.165) is 5.69 Å². The van der Waals surface area contributed by atoms with E-state index in [1.54, 1.807) is 55.5 Å². The Hall–Kier alpha value is -2.53. The van der Waals surface area contributed by atoms with Crippen molar-refractivity contribution < 1.29 is 9.59 Å². The Morgan fingerprint density at radius 3 is 2.17 bits per heavy atom. The first-order chi connectivity index (χ1) is 11.0. The first-order valence-corrected chi connectivity index (χ1v) is 7.53. The third-order valence-corrected chi connectivity index (χ3v) is 3.44. The van der Waals surface area contributed by atoms with Gasteiger partial charge in [0, 0.05) is 18.3 Å². The molecule has 3 N–H and O–H groups in total. The number of amides is 2. The second-order valence-corrected chi connectivity index (χ2v) is 5.50. The average Bonchev–Trinajstić information content (AvgIpc) is 2.51. The van der Waals surface area contributed by atoms with Crippen LogP contribution in [-0.4, -0.2) is 17.9 Å². The number of carbonyl (C=O) groups excluding carboxylic acids is 2. The van der Waals surface area contributed by atoms with E-state index in [9.17, 15) is 9.59 Å². The van der Waals surface area contributed by atoms with Gasteiger partial charge in [-0.1, -0.05) is 23.7 Å². The van der Waals surface area contributed by atoms with Crippen molar-refractivity contribution in [1.29, 1.82) is 0 Å². The van der Waals surface area contributed by atoms with Gasteiger partial charge in [0.2, 0.25) is 11.8 Å². The zero-order valence-electron chi connectivity index (χ0n) is 12.9. The standard InChI is InChI=1S/C17H18ClN3O2/c1-11(17(23)21-16-6-4-3-5-15(16)18)19-13-7-9-14(10-8-13)20-12(2)22/h3-11,19H,1-2H3,(H,20,22)(H,21,23). The van der Waals surface area contributed by atoms with Crippen LogP contribution in [-0.2, 0) is 9.59 Å². The molecule has 2 aromatic carbocycles. The van der Waals surface area contributed by atoms with E-state index in [4.69, 9.17) is 11.6 Å². The molecule has 0 fully saturated rings. The van der Waals surface area contributed by atoms with E-state index in [-0.39, 0.29) is 11.8 Å². The van der Waals surface area contributed by atoms with Gasteiger partial charge >= 0.3 is 0 Å². The van der Waals surface area contributed by atoms with Crippen molar-refractivity contribution in [2.75, 3.05) is 16.0 Å². The van der Waals surface area contributed by atoms with E-state index in [0.29, 0.717) is 16.4 Å². The van der Waals surface area contributed by atoms with E-state index in [1.807, 2.05) is 0 Å². The van der Waals surface area contributed by atoms with Crippen LogP contribution in [0.3, 0.4) is 0 Å². The fourth-order valence-corrected chi connectivity index (χ4v) is 2.16. The number of nitrogens with one attached hydrogen (secondary N) is 3. The molecule has 0 aliphatic heterocycles. The van der Waals surface area contributed by atoms with Crippen LogP contribution in [0.1, 0.15) is 13.8 Å². The summed E-state index contributed by atoms with van der Waals surface area (Å²) in [6.07, 6.45) is 0. The number of carbonyl (C=O) groups is 2. The second kappa shape index (κ2) is 7.65. The van der Waals surface area contributed by atoms with Crippen molar-refractivity contribution in [3.63, 3.8) is 0 Å². The highest BCUT2D eigenvalue weighted by Gasteiger charge is 2.14. The molecule has 2 rings (SSSR count). The fourth-order valence-electron chi connectivity index (χ4n) is 1.97. The Kier molecular flexibility index (Phi) is 5.60. The number of rotatable bonds is 5. The quantitative estimate of drug-likeness (QED) is 0.781. The SMILES string of the molecule is CC(=O)Nc1ccc(NC(C)C(=O)Nc2ccccc2Cl)cc1. The zero-order chi connectivity index (χ0) is 16.8. The maximum absolute atomic E-state index is 12.2. The summed E-state index contributed by atoms with van der Waals surface area (Å²) in [7, 11) is 0. The van der Waals surface area contributed by atoms with E-state index in [1.165, 1.54) is 6.92 Å². The highest BCUT2D eigenvalue weighted by Crippen LogP contribution is 2.21. The van der Waals surface area contributed by atoms with Crippen LogP contribution in [0.5, 0.6) is 0 Å². The molecule has 0 aliphatic carbocycles. The number of halogens is 1. The highest BCUT2D eigenvalue weighted by molar-refractivity contribution is 6.33. The van der Waals surface area contributed by atoms with Crippen molar-refractivity contribution in [2.45, 2.75) is 19.9 Å². The Balaban J connectivity index is 1.95. The molecule has 0 bridgehead atoms. The molecule has 0 aromatic heterocycles. The van der Waals surface area contributed by atoms with Crippen molar-refractivity contribution in [1.82, 2.24) is 0 Å². The first-order valence-electron chi connectivity index (χ1n) is 7.15. The van der Waals surface area contributed by atoms with Crippen LogP contribution in [0.15, 0.2) is 48.5 Å². The zero-order valence-corrected chi connectivity index (χ0v) is 13.6. The van der Waals surface area contributed by atoms with Gasteiger partial charge in [-0.15, -0.1) is 0 Å². The lowest BCUT2D eigenvalue weighted by molar-refractivity contribution is -0.116. The Morgan fingerprint density at radius 2 is 1.57 bits per heavy atom. The minimum absolute atomic E-state index is 0.127. The highest BCUT2D eigenvalue weighted by atomic mass is 35.5. The minimum Gasteiger partial charge on any atom is -0.374 e. The molecule has 2 aromatic rings. The van der Waals surface area contributed by atoms with Gasteiger partial charge in [0.25, 0.3) is 0 Å². The summed E-state index contributed by atoms with van der Waals surface area (Å²) in [4.78, 5) is 23.2. The first kappa shape index (κ1) is 16.8. The molecule has 1 atom stereocenters. The molecule has 0 aliphatic rings. The maximum atomic E-state index is 12.2. The van der Waals surface area contributed by atoms with E-state index >= 15 is 0 Å². The lowest BCUT2D eigenvalue weighted by atomic mass is 10.2. The number of para-hydroxylation sites is 1. The molecule has 6 heteroatoms. The van der Waals surface area contributed by atoms with Crippen LogP contribution < -0.4 is 16.0 Å². The largest absolute Gasteiger partial charge is 0.374 e. The van der Waals surface area contributed by atoms with Gasteiger partial charge in [-0.3, -0.25) is 9.59 Å². The van der Waals surface area contributed by atoms with Crippen LogP contribution >= 0.6 is 11.6 Å². The monoisotopic (exact) mass is 331 g/mol. The molecule has 23 heavy (non-hydrogen) atoms. The van der Waals surface area contributed by atoms with Crippen molar-refractivity contribution in [3.8, 4) is 0 Å². The molecule has 1 unspecified atom stereocenters. The van der Waals surface area contributed by atoms with E-state index in [2.05, 4.69) is 16.0 Å². The Morgan fingerprint density at radius 1 is 0.957 bits per heavy atom. The van der Waals surface area contributed by atoms with Gasteiger partial charge < -0.3 is 16.0 Å². The third-order valence-electron chi connectivity index (χ3n) is 3.11. The van der Waals surface area contributed by atoms with Gasteiger partial charge in [-0.25, -0.2) is 0 Å².